The van der Waals surface area contributed by atoms with Crippen LogP contribution in [0.3, 0.4) is 0 Å². The van der Waals surface area contributed by atoms with Crippen LogP contribution in [0.2, 0.25) is 0 Å². The monoisotopic (exact) mass is 501 g/mol. The second-order valence-electron chi connectivity index (χ2n) is 10.6. The smallest absolute Gasteiger partial charge is 0.250 e. The number of methoxy groups -OCH3 is 1. The highest BCUT2D eigenvalue weighted by molar-refractivity contribution is 5.88. The summed E-state index contributed by atoms with van der Waals surface area (Å²) in [5.74, 6) is -2.42. The molecule has 36 heavy (non-hydrogen) atoms. The molecule has 6 nitrogen and oxygen atoms in total. The third-order valence-electron chi connectivity index (χ3n) is 8.06. The summed E-state index contributed by atoms with van der Waals surface area (Å²) >= 11 is 0. The molecule has 3 aromatic rings. The summed E-state index contributed by atoms with van der Waals surface area (Å²) in [6, 6.07) is 5.24. The molecule has 0 bridgehead atoms. The number of alkyl halides is 2. The maximum absolute atomic E-state index is 15.0. The molecular weight excluding hydrogens is 471 g/mol. The predicted molar refractivity (Wildman–Crippen MR) is 128 cm³/mol. The lowest BCUT2D eigenvalue weighted by atomic mass is 9.59. The molecule has 192 valence electrons. The molecule has 2 aliphatic heterocycles. The maximum Gasteiger partial charge on any atom is 0.250 e. The zero-order chi connectivity index (χ0) is 25.1. The number of piperidine rings is 1. The van der Waals surface area contributed by atoms with Crippen LogP contribution in [0.5, 0.6) is 11.6 Å². The Kier molecular flexibility index (Phi) is 5.68. The first-order chi connectivity index (χ1) is 17.3. The second kappa shape index (κ2) is 8.66. The minimum atomic E-state index is -2.61. The third-order valence-corrected chi connectivity index (χ3v) is 8.06. The van der Waals surface area contributed by atoms with Gasteiger partial charge in [0.25, 0.3) is 5.88 Å². The Bertz CT molecular complexity index is 1280. The summed E-state index contributed by atoms with van der Waals surface area (Å²) in [6.45, 7) is 4.05. The molecule has 1 atom stereocenters. The molecule has 1 aliphatic carbocycles. The summed E-state index contributed by atoms with van der Waals surface area (Å²) in [5.41, 5.74) is 3.40. The van der Waals surface area contributed by atoms with E-state index in [-0.39, 0.29) is 30.9 Å². The van der Waals surface area contributed by atoms with Crippen LogP contribution in [0.25, 0.3) is 10.9 Å². The molecule has 1 unspecified atom stereocenters. The molecule has 6 rings (SSSR count). The fourth-order valence-electron chi connectivity index (χ4n) is 6.20. The van der Waals surface area contributed by atoms with Gasteiger partial charge in [-0.05, 0) is 61.1 Å². The number of halogens is 3. The number of aromatic nitrogens is 2. The van der Waals surface area contributed by atoms with Gasteiger partial charge in [-0.2, -0.15) is 0 Å². The molecule has 3 fully saturated rings. The number of rotatable bonds is 6. The fraction of sp³-hybridized carbons (Fsp3) is 0.519. The predicted octanol–water partition coefficient (Wildman–Crippen LogP) is 5.55. The highest BCUT2D eigenvalue weighted by atomic mass is 19.3. The Morgan fingerprint density at radius 1 is 1.25 bits per heavy atom. The van der Waals surface area contributed by atoms with Crippen molar-refractivity contribution in [2.45, 2.75) is 57.2 Å². The number of H-pyrrole nitrogens is 1. The molecule has 3 aliphatic rings. The van der Waals surface area contributed by atoms with E-state index in [0.29, 0.717) is 44.7 Å². The molecule has 1 saturated carbocycles. The van der Waals surface area contributed by atoms with Gasteiger partial charge in [-0.3, -0.25) is 4.90 Å². The Morgan fingerprint density at radius 2 is 2.06 bits per heavy atom. The van der Waals surface area contributed by atoms with E-state index in [0.717, 1.165) is 27.8 Å². The molecule has 4 heterocycles. The van der Waals surface area contributed by atoms with E-state index in [1.807, 2.05) is 25.3 Å². The third kappa shape index (κ3) is 4.12. The lowest BCUT2D eigenvalue weighted by molar-refractivity contribution is -0.186. The molecule has 9 heteroatoms. The molecule has 2 aromatic heterocycles. The van der Waals surface area contributed by atoms with Crippen molar-refractivity contribution in [2.75, 3.05) is 26.9 Å². The van der Waals surface area contributed by atoms with E-state index in [1.165, 1.54) is 6.07 Å². The van der Waals surface area contributed by atoms with Crippen LogP contribution >= 0.6 is 0 Å². The number of ether oxygens (including phenoxy) is 3. The second-order valence-corrected chi connectivity index (χ2v) is 10.6. The molecule has 2 saturated heterocycles. The standard InChI is InChI=1S/C27H30F3N3O3/c1-16-7-23(34-2)20(19-3-5-31-24(16)19)11-33-6-4-26(14-27(29,30)15-26)9-22(33)17-8-21(28)25(32-10-17)36-18-12-35-13-18/h3,5,7-8,10,18,22,31H,4,6,9,11-15H2,1-2H3. The number of nitrogens with zero attached hydrogens (tertiary/aromatic N) is 2. The molecule has 1 spiro atoms. The first-order valence-electron chi connectivity index (χ1n) is 12.4. The number of pyridine rings is 1. The number of hydrogen-bond acceptors (Lipinski definition) is 5. The number of nitrogens with one attached hydrogen (secondary N) is 1. The number of hydrogen-bond donors (Lipinski definition) is 1. The van der Waals surface area contributed by atoms with Crippen molar-refractivity contribution in [2.24, 2.45) is 5.41 Å². The van der Waals surface area contributed by atoms with E-state index in [1.54, 1.807) is 13.3 Å². The van der Waals surface area contributed by atoms with Crippen molar-refractivity contribution in [3.63, 3.8) is 0 Å². The summed E-state index contributed by atoms with van der Waals surface area (Å²) in [5, 5.41) is 1.07. The zero-order valence-corrected chi connectivity index (χ0v) is 20.5. The molecule has 0 amide bonds. The summed E-state index contributed by atoms with van der Waals surface area (Å²) < 4.78 is 59.4. The van der Waals surface area contributed by atoms with Gasteiger partial charge in [-0.1, -0.05) is 0 Å². The van der Waals surface area contributed by atoms with Gasteiger partial charge in [0.15, 0.2) is 5.82 Å². The van der Waals surface area contributed by atoms with Gasteiger partial charge < -0.3 is 19.2 Å². The highest BCUT2D eigenvalue weighted by Gasteiger charge is 2.58. The average Bonchev–Trinajstić information content (AvgIpc) is 3.29. The topological polar surface area (TPSA) is 59.6 Å². The van der Waals surface area contributed by atoms with Crippen molar-refractivity contribution < 1.29 is 27.4 Å². The van der Waals surface area contributed by atoms with Gasteiger partial charge in [-0.25, -0.2) is 18.2 Å². The van der Waals surface area contributed by atoms with E-state index >= 15 is 4.39 Å². The zero-order valence-electron chi connectivity index (χ0n) is 20.5. The van der Waals surface area contributed by atoms with Crippen LogP contribution in [-0.4, -0.2) is 53.8 Å². The van der Waals surface area contributed by atoms with Crippen LogP contribution in [0.15, 0.2) is 30.6 Å². The van der Waals surface area contributed by atoms with Crippen LogP contribution in [0, 0.1) is 18.2 Å². The van der Waals surface area contributed by atoms with Gasteiger partial charge in [-0.15, -0.1) is 0 Å². The Labute approximate surface area is 207 Å². The summed E-state index contributed by atoms with van der Waals surface area (Å²) in [4.78, 5) is 9.81. The number of aromatic amines is 1. The van der Waals surface area contributed by atoms with Gasteiger partial charge >= 0.3 is 0 Å². The lowest BCUT2D eigenvalue weighted by Crippen LogP contribution is -2.53. The summed E-state index contributed by atoms with van der Waals surface area (Å²) in [7, 11) is 1.65. The van der Waals surface area contributed by atoms with Gasteiger partial charge in [0, 0.05) is 54.3 Å². The quantitative estimate of drug-likeness (QED) is 0.480. The van der Waals surface area contributed by atoms with E-state index in [9.17, 15) is 8.78 Å². The Balaban J connectivity index is 1.33. The van der Waals surface area contributed by atoms with Crippen molar-refractivity contribution in [1.82, 2.24) is 14.9 Å². The normalized spacial score (nSPS) is 23.4. The van der Waals surface area contributed by atoms with E-state index < -0.39 is 17.2 Å². The summed E-state index contributed by atoms with van der Waals surface area (Å²) in [6.07, 6.45) is 4.34. The number of benzene rings is 1. The van der Waals surface area contributed by atoms with Crippen molar-refractivity contribution in [3.8, 4) is 11.6 Å². The van der Waals surface area contributed by atoms with E-state index in [4.69, 9.17) is 14.2 Å². The van der Waals surface area contributed by atoms with Gasteiger partial charge in [0.1, 0.15) is 11.9 Å². The molecule has 1 N–H and O–H groups in total. The first kappa shape index (κ1) is 23.6. The average molecular weight is 502 g/mol. The number of aryl methyl sites for hydroxylation is 1. The number of likely N-dealkylation sites (tertiary alicyclic amines) is 1. The van der Waals surface area contributed by atoms with Crippen LogP contribution in [0.4, 0.5) is 13.2 Å². The van der Waals surface area contributed by atoms with Crippen molar-refractivity contribution >= 4 is 10.9 Å². The Hall–Kier alpha value is -2.78. The molecule has 1 aromatic carbocycles. The van der Waals surface area contributed by atoms with E-state index in [2.05, 4.69) is 14.9 Å². The highest BCUT2D eigenvalue weighted by Crippen LogP contribution is 2.60. The van der Waals surface area contributed by atoms with Crippen molar-refractivity contribution in [3.05, 3.63) is 53.1 Å². The lowest BCUT2D eigenvalue weighted by Gasteiger charge is -2.54. The van der Waals surface area contributed by atoms with Gasteiger partial charge in [0.2, 0.25) is 5.92 Å². The minimum Gasteiger partial charge on any atom is -0.496 e. The largest absolute Gasteiger partial charge is 0.496 e. The maximum atomic E-state index is 15.0. The molecular formula is C27H30F3N3O3. The van der Waals surface area contributed by atoms with Crippen LogP contribution < -0.4 is 9.47 Å². The first-order valence-corrected chi connectivity index (χ1v) is 12.4. The fourth-order valence-corrected chi connectivity index (χ4v) is 6.20. The Morgan fingerprint density at radius 3 is 2.72 bits per heavy atom. The number of fused-ring (bicyclic) bond motifs is 1. The van der Waals surface area contributed by atoms with Crippen LogP contribution in [-0.2, 0) is 11.3 Å². The molecule has 0 radical (unpaired) electrons. The minimum absolute atomic E-state index is 0.0477. The van der Waals surface area contributed by atoms with Gasteiger partial charge in [0.05, 0.1) is 20.3 Å². The van der Waals surface area contributed by atoms with Crippen molar-refractivity contribution in [1.29, 1.82) is 0 Å². The SMILES string of the molecule is COc1cc(C)c2[nH]ccc2c1CN1CCC2(CC1c1cnc(OC3COC3)c(F)c1)CC(F)(F)C2. The van der Waals surface area contributed by atoms with Crippen LogP contribution in [0.1, 0.15) is 48.4 Å².